The van der Waals surface area contributed by atoms with E-state index in [1.807, 2.05) is 30.5 Å². The predicted molar refractivity (Wildman–Crippen MR) is 83.6 cm³/mol. The summed E-state index contributed by atoms with van der Waals surface area (Å²) in [6, 6.07) is 12.0. The third-order valence-corrected chi connectivity index (χ3v) is 3.62. The predicted octanol–water partition coefficient (Wildman–Crippen LogP) is 2.87. The van der Waals surface area contributed by atoms with Gasteiger partial charge >= 0.3 is 0 Å². The molecule has 0 amide bonds. The van der Waals surface area contributed by atoms with Crippen LogP contribution in [0.4, 0.5) is 0 Å². The van der Waals surface area contributed by atoms with Crippen LogP contribution in [0.1, 0.15) is 16.8 Å². The van der Waals surface area contributed by atoms with Crippen molar-refractivity contribution in [2.75, 3.05) is 13.6 Å². The lowest BCUT2D eigenvalue weighted by Crippen LogP contribution is -2.21. The zero-order valence-electron chi connectivity index (χ0n) is 11.7. The van der Waals surface area contributed by atoms with Crippen molar-refractivity contribution in [3.05, 3.63) is 64.4 Å². The van der Waals surface area contributed by atoms with Crippen LogP contribution in [0.2, 0.25) is 5.02 Å². The molecule has 0 unspecified atom stereocenters. The third kappa shape index (κ3) is 4.30. The summed E-state index contributed by atoms with van der Waals surface area (Å²) in [4.78, 5) is 6.58. The second-order valence-electron chi connectivity index (χ2n) is 4.94. The Morgan fingerprint density at radius 3 is 2.75 bits per heavy atom. The Kier molecular flexibility index (Phi) is 5.53. The zero-order chi connectivity index (χ0) is 14.4. The summed E-state index contributed by atoms with van der Waals surface area (Å²) in [6.07, 6.45) is 2.77. The number of nitrogens with zero attached hydrogens (tertiary/aromatic N) is 2. The molecular formula is C16H20ClN3. The van der Waals surface area contributed by atoms with E-state index >= 15 is 0 Å². The number of nitrogens with two attached hydrogens (primary N) is 1. The van der Waals surface area contributed by atoms with Crippen molar-refractivity contribution in [1.29, 1.82) is 0 Å². The molecular weight excluding hydrogens is 270 g/mol. The molecule has 0 saturated heterocycles. The van der Waals surface area contributed by atoms with E-state index in [1.54, 1.807) is 0 Å². The summed E-state index contributed by atoms with van der Waals surface area (Å²) in [5.41, 5.74) is 8.92. The fourth-order valence-electron chi connectivity index (χ4n) is 2.07. The molecule has 2 rings (SSSR count). The topological polar surface area (TPSA) is 42.2 Å². The van der Waals surface area contributed by atoms with Gasteiger partial charge in [-0.1, -0.05) is 29.8 Å². The van der Waals surface area contributed by atoms with Gasteiger partial charge in [0.05, 0.1) is 0 Å². The molecule has 4 heteroatoms. The van der Waals surface area contributed by atoms with Gasteiger partial charge in [0, 0.05) is 43.0 Å². The first-order valence-corrected chi connectivity index (χ1v) is 7.12. The highest BCUT2D eigenvalue weighted by Crippen LogP contribution is 2.19. The maximum Gasteiger partial charge on any atom is 0.0454 e. The van der Waals surface area contributed by atoms with Gasteiger partial charge in [-0.2, -0.15) is 0 Å². The Morgan fingerprint density at radius 1 is 1.25 bits per heavy atom. The SMILES string of the molecule is CN(CCc1ccccn1)Cc1ccc(CN)cc1Cl. The maximum absolute atomic E-state index is 6.27. The van der Waals surface area contributed by atoms with Gasteiger partial charge in [0.2, 0.25) is 0 Å². The summed E-state index contributed by atoms with van der Waals surface area (Å²) < 4.78 is 0. The van der Waals surface area contributed by atoms with Gasteiger partial charge in [0.15, 0.2) is 0 Å². The number of benzene rings is 1. The number of aromatic nitrogens is 1. The smallest absolute Gasteiger partial charge is 0.0454 e. The third-order valence-electron chi connectivity index (χ3n) is 3.27. The molecule has 0 fully saturated rings. The maximum atomic E-state index is 6.27. The highest BCUT2D eigenvalue weighted by atomic mass is 35.5. The molecule has 0 spiro atoms. The Bertz CT molecular complexity index is 543. The Labute approximate surface area is 125 Å². The van der Waals surface area contributed by atoms with Crippen LogP contribution in [-0.2, 0) is 19.5 Å². The highest BCUT2D eigenvalue weighted by molar-refractivity contribution is 6.31. The molecule has 2 N–H and O–H groups in total. The van der Waals surface area contributed by atoms with Crippen molar-refractivity contribution in [3.63, 3.8) is 0 Å². The van der Waals surface area contributed by atoms with E-state index in [1.165, 1.54) is 0 Å². The van der Waals surface area contributed by atoms with Crippen LogP contribution in [0.5, 0.6) is 0 Å². The molecule has 0 aliphatic rings. The van der Waals surface area contributed by atoms with Gasteiger partial charge in [-0.15, -0.1) is 0 Å². The normalized spacial score (nSPS) is 11.0. The van der Waals surface area contributed by atoms with Crippen molar-refractivity contribution in [3.8, 4) is 0 Å². The average molecular weight is 290 g/mol. The van der Waals surface area contributed by atoms with E-state index in [2.05, 4.69) is 29.1 Å². The molecule has 0 atom stereocenters. The van der Waals surface area contributed by atoms with E-state index in [4.69, 9.17) is 17.3 Å². The minimum atomic E-state index is 0.523. The molecule has 1 heterocycles. The number of hydrogen-bond acceptors (Lipinski definition) is 3. The fourth-order valence-corrected chi connectivity index (χ4v) is 2.33. The van der Waals surface area contributed by atoms with Gasteiger partial charge in [-0.05, 0) is 36.4 Å². The number of hydrogen-bond donors (Lipinski definition) is 1. The lowest BCUT2D eigenvalue weighted by Gasteiger charge is -2.17. The zero-order valence-corrected chi connectivity index (χ0v) is 12.5. The van der Waals surface area contributed by atoms with Gasteiger partial charge in [0.1, 0.15) is 0 Å². The molecule has 0 saturated carbocycles. The molecule has 0 aliphatic heterocycles. The minimum Gasteiger partial charge on any atom is -0.326 e. The van der Waals surface area contributed by atoms with Crippen molar-refractivity contribution < 1.29 is 0 Å². The molecule has 1 aromatic carbocycles. The lowest BCUT2D eigenvalue weighted by molar-refractivity contribution is 0.330. The molecule has 1 aromatic heterocycles. The number of halogens is 1. The van der Waals surface area contributed by atoms with Crippen LogP contribution in [0.15, 0.2) is 42.6 Å². The lowest BCUT2D eigenvalue weighted by atomic mass is 10.1. The van der Waals surface area contributed by atoms with Crippen LogP contribution >= 0.6 is 11.6 Å². The molecule has 0 bridgehead atoms. The second-order valence-corrected chi connectivity index (χ2v) is 5.35. The summed E-state index contributed by atoms with van der Waals surface area (Å²) in [7, 11) is 2.09. The largest absolute Gasteiger partial charge is 0.326 e. The van der Waals surface area contributed by atoms with Gasteiger partial charge in [-0.25, -0.2) is 0 Å². The van der Waals surface area contributed by atoms with Gasteiger partial charge in [-0.3, -0.25) is 4.98 Å². The molecule has 106 valence electrons. The van der Waals surface area contributed by atoms with Gasteiger partial charge < -0.3 is 10.6 Å². The van der Waals surface area contributed by atoms with Crippen molar-refractivity contribution in [2.24, 2.45) is 5.73 Å². The second kappa shape index (κ2) is 7.39. The van der Waals surface area contributed by atoms with E-state index in [0.717, 1.165) is 41.4 Å². The Morgan fingerprint density at radius 2 is 2.10 bits per heavy atom. The summed E-state index contributed by atoms with van der Waals surface area (Å²) in [6.45, 7) is 2.30. The molecule has 0 radical (unpaired) electrons. The summed E-state index contributed by atoms with van der Waals surface area (Å²) in [5.74, 6) is 0. The quantitative estimate of drug-likeness (QED) is 0.889. The van der Waals surface area contributed by atoms with Crippen molar-refractivity contribution in [1.82, 2.24) is 9.88 Å². The average Bonchev–Trinajstić information content (AvgIpc) is 2.48. The highest BCUT2D eigenvalue weighted by Gasteiger charge is 2.06. The summed E-state index contributed by atoms with van der Waals surface area (Å²) in [5, 5.41) is 0.789. The van der Waals surface area contributed by atoms with Crippen LogP contribution in [0, 0.1) is 0 Å². The van der Waals surface area contributed by atoms with Gasteiger partial charge in [0.25, 0.3) is 0 Å². The number of rotatable bonds is 6. The molecule has 20 heavy (non-hydrogen) atoms. The Balaban J connectivity index is 1.89. The van der Waals surface area contributed by atoms with Crippen molar-refractivity contribution in [2.45, 2.75) is 19.5 Å². The van der Waals surface area contributed by atoms with E-state index in [0.29, 0.717) is 6.54 Å². The van der Waals surface area contributed by atoms with E-state index in [9.17, 15) is 0 Å². The van der Waals surface area contributed by atoms with Crippen LogP contribution in [0.3, 0.4) is 0 Å². The molecule has 0 aliphatic carbocycles. The van der Waals surface area contributed by atoms with Crippen LogP contribution in [0.25, 0.3) is 0 Å². The molecule has 3 nitrogen and oxygen atoms in total. The van der Waals surface area contributed by atoms with Crippen LogP contribution in [-0.4, -0.2) is 23.5 Å². The fraction of sp³-hybridized carbons (Fsp3) is 0.312. The summed E-state index contributed by atoms with van der Waals surface area (Å²) >= 11 is 6.27. The van der Waals surface area contributed by atoms with E-state index < -0.39 is 0 Å². The first-order chi connectivity index (χ1) is 9.69. The van der Waals surface area contributed by atoms with E-state index in [-0.39, 0.29) is 0 Å². The van der Waals surface area contributed by atoms with Crippen molar-refractivity contribution >= 4 is 11.6 Å². The molecule has 2 aromatic rings. The Hall–Kier alpha value is -1.42. The first-order valence-electron chi connectivity index (χ1n) is 6.75. The number of likely N-dealkylation sites (N-methyl/N-ethyl adjacent to an activating group) is 1. The standard InChI is InChI=1S/C16H20ClN3/c1-20(9-7-15-4-2-3-8-19-15)12-14-6-5-13(11-18)10-16(14)17/h2-6,8,10H,7,9,11-12,18H2,1H3. The minimum absolute atomic E-state index is 0.523. The first kappa shape index (κ1) is 15.0. The monoisotopic (exact) mass is 289 g/mol. The number of pyridine rings is 1. The van der Waals surface area contributed by atoms with Crippen LogP contribution < -0.4 is 5.73 Å².